The molecule has 0 saturated carbocycles. The van der Waals surface area contributed by atoms with Gasteiger partial charge < -0.3 is 10.2 Å². The number of nitrogens with zero attached hydrogens (tertiary/aromatic N) is 2. The predicted octanol–water partition coefficient (Wildman–Crippen LogP) is 3.40. The average molecular weight is 290 g/mol. The normalized spacial score (nSPS) is 10.6. The fourth-order valence-electron chi connectivity index (χ4n) is 2.17. The maximum Gasteiger partial charge on any atom is 0.128 e. The second-order valence-corrected chi connectivity index (χ2v) is 5.42. The molecular weight excluding hydrogens is 270 g/mol. The Hall–Kier alpha value is -1.58. The number of pyridine rings is 1. The molecule has 4 heteroatoms. The summed E-state index contributed by atoms with van der Waals surface area (Å²) in [6.07, 6.45) is 1.72. The van der Waals surface area contributed by atoms with Crippen LogP contribution in [0.4, 0.5) is 5.82 Å². The van der Waals surface area contributed by atoms with Gasteiger partial charge >= 0.3 is 0 Å². The summed E-state index contributed by atoms with van der Waals surface area (Å²) in [5, 5.41) is 3.82. The van der Waals surface area contributed by atoms with Gasteiger partial charge in [0.25, 0.3) is 0 Å². The van der Waals surface area contributed by atoms with E-state index < -0.39 is 0 Å². The lowest BCUT2D eigenvalue weighted by atomic mass is 10.1. The van der Waals surface area contributed by atoms with E-state index in [-0.39, 0.29) is 0 Å². The molecular formula is C16H20ClN3. The van der Waals surface area contributed by atoms with Gasteiger partial charge in [-0.1, -0.05) is 41.4 Å². The van der Waals surface area contributed by atoms with Gasteiger partial charge in [0.2, 0.25) is 0 Å². The van der Waals surface area contributed by atoms with E-state index in [0.717, 1.165) is 24.5 Å². The Balaban J connectivity index is 2.16. The van der Waals surface area contributed by atoms with Crippen molar-refractivity contribution in [2.45, 2.75) is 20.0 Å². The summed E-state index contributed by atoms with van der Waals surface area (Å²) in [4.78, 5) is 6.54. The SMILES string of the molecule is CNCc1cc(N(C)Cc2cccc(C)c2)ncc1Cl. The van der Waals surface area contributed by atoms with Crippen LogP contribution in [0.15, 0.2) is 36.5 Å². The first kappa shape index (κ1) is 14.8. The molecule has 2 rings (SSSR count). The maximum atomic E-state index is 6.14. The summed E-state index contributed by atoms with van der Waals surface area (Å²) in [6.45, 7) is 3.68. The number of benzene rings is 1. The third kappa shape index (κ3) is 3.71. The highest BCUT2D eigenvalue weighted by molar-refractivity contribution is 6.31. The van der Waals surface area contributed by atoms with E-state index in [2.05, 4.69) is 46.4 Å². The summed E-state index contributed by atoms with van der Waals surface area (Å²) >= 11 is 6.14. The van der Waals surface area contributed by atoms with E-state index >= 15 is 0 Å². The molecule has 0 saturated heterocycles. The smallest absolute Gasteiger partial charge is 0.128 e. The standard InChI is InChI=1S/C16H20ClN3/c1-12-5-4-6-13(7-12)11-20(3)16-8-14(9-18-2)15(17)10-19-16/h4-8,10,18H,9,11H2,1-3H3. The minimum Gasteiger partial charge on any atom is -0.355 e. The minimum absolute atomic E-state index is 0.701. The lowest BCUT2D eigenvalue weighted by Crippen LogP contribution is -2.18. The Morgan fingerprint density at radius 2 is 2.10 bits per heavy atom. The number of anilines is 1. The van der Waals surface area contributed by atoms with E-state index in [1.54, 1.807) is 6.20 Å². The zero-order chi connectivity index (χ0) is 14.5. The van der Waals surface area contributed by atoms with Gasteiger partial charge in [0, 0.05) is 26.3 Å². The molecule has 0 radical (unpaired) electrons. The minimum atomic E-state index is 0.701. The van der Waals surface area contributed by atoms with E-state index in [1.807, 2.05) is 20.2 Å². The molecule has 20 heavy (non-hydrogen) atoms. The van der Waals surface area contributed by atoms with Crippen LogP contribution in [0.3, 0.4) is 0 Å². The van der Waals surface area contributed by atoms with Gasteiger partial charge in [-0.2, -0.15) is 0 Å². The molecule has 106 valence electrons. The molecule has 0 unspecified atom stereocenters. The molecule has 0 fully saturated rings. The van der Waals surface area contributed by atoms with Crippen molar-refractivity contribution in [3.63, 3.8) is 0 Å². The molecule has 0 aliphatic heterocycles. The summed E-state index contributed by atoms with van der Waals surface area (Å²) in [5.74, 6) is 0.932. The number of aromatic nitrogens is 1. The summed E-state index contributed by atoms with van der Waals surface area (Å²) in [7, 11) is 3.95. The molecule has 0 atom stereocenters. The fourth-order valence-corrected chi connectivity index (χ4v) is 2.34. The summed E-state index contributed by atoms with van der Waals surface area (Å²) < 4.78 is 0. The molecule has 3 nitrogen and oxygen atoms in total. The van der Waals surface area contributed by atoms with Gasteiger partial charge in [0.15, 0.2) is 0 Å². The third-order valence-corrected chi connectivity index (χ3v) is 3.52. The van der Waals surface area contributed by atoms with E-state index in [9.17, 15) is 0 Å². The second kappa shape index (κ2) is 6.73. The van der Waals surface area contributed by atoms with Crippen LogP contribution < -0.4 is 10.2 Å². The van der Waals surface area contributed by atoms with Gasteiger partial charge in [0.05, 0.1) is 5.02 Å². The number of halogens is 1. The van der Waals surface area contributed by atoms with Gasteiger partial charge in [-0.3, -0.25) is 0 Å². The Kier molecular flexibility index (Phi) is 4.99. The molecule has 1 N–H and O–H groups in total. The quantitative estimate of drug-likeness (QED) is 0.914. The highest BCUT2D eigenvalue weighted by Gasteiger charge is 2.07. The van der Waals surface area contributed by atoms with Crippen molar-refractivity contribution in [3.05, 3.63) is 58.2 Å². The fraction of sp³-hybridized carbons (Fsp3) is 0.312. The van der Waals surface area contributed by atoms with Crippen LogP contribution in [0, 0.1) is 6.92 Å². The Labute approximate surface area is 125 Å². The monoisotopic (exact) mass is 289 g/mol. The van der Waals surface area contributed by atoms with Crippen molar-refractivity contribution in [2.75, 3.05) is 19.0 Å². The van der Waals surface area contributed by atoms with Crippen LogP contribution in [0.1, 0.15) is 16.7 Å². The molecule has 1 heterocycles. The van der Waals surface area contributed by atoms with Crippen molar-refractivity contribution in [3.8, 4) is 0 Å². The molecule has 2 aromatic rings. The number of rotatable bonds is 5. The zero-order valence-corrected chi connectivity index (χ0v) is 12.9. The lowest BCUT2D eigenvalue weighted by Gasteiger charge is -2.19. The van der Waals surface area contributed by atoms with Crippen molar-refractivity contribution in [1.82, 2.24) is 10.3 Å². The highest BCUT2D eigenvalue weighted by atomic mass is 35.5. The van der Waals surface area contributed by atoms with Crippen LogP contribution in [0.5, 0.6) is 0 Å². The Morgan fingerprint density at radius 1 is 1.30 bits per heavy atom. The van der Waals surface area contributed by atoms with Crippen molar-refractivity contribution >= 4 is 17.4 Å². The molecule has 1 aromatic heterocycles. The Morgan fingerprint density at radius 3 is 2.80 bits per heavy atom. The van der Waals surface area contributed by atoms with E-state index in [4.69, 9.17) is 11.6 Å². The van der Waals surface area contributed by atoms with E-state index in [1.165, 1.54) is 11.1 Å². The van der Waals surface area contributed by atoms with Gasteiger partial charge in [-0.05, 0) is 31.2 Å². The molecule has 0 aliphatic rings. The van der Waals surface area contributed by atoms with Crippen molar-refractivity contribution in [1.29, 1.82) is 0 Å². The maximum absolute atomic E-state index is 6.14. The molecule has 0 spiro atoms. The van der Waals surface area contributed by atoms with Crippen LogP contribution in [0.2, 0.25) is 5.02 Å². The summed E-state index contributed by atoms with van der Waals surface area (Å²) in [5.41, 5.74) is 3.62. The number of aryl methyl sites for hydroxylation is 1. The number of hydrogen-bond donors (Lipinski definition) is 1. The van der Waals surface area contributed by atoms with Gasteiger partial charge in [-0.25, -0.2) is 4.98 Å². The Bertz CT molecular complexity index is 584. The first-order chi connectivity index (χ1) is 9.60. The average Bonchev–Trinajstić information content (AvgIpc) is 2.41. The predicted molar refractivity (Wildman–Crippen MR) is 85.3 cm³/mol. The largest absolute Gasteiger partial charge is 0.355 e. The van der Waals surface area contributed by atoms with Crippen molar-refractivity contribution in [2.24, 2.45) is 0 Å². The second-order valence-electron chi connectivity index (χ2n) is 5.01. The highest BCUT2D eigenvalue weighted by Crippen LogP contribution is 2.21. The van der Waals surface area contributed by atoms with Crippen LogP contribution in [0.25, 0.3) is 0 Å². The van der Waals surface area contributed by atoms with Crippen LogP contribution in [-0.4, -0.2) is 19.1 Å². The molecule has 1 aromatic carbocycles. The lowest BCUT2D eigenvalue weighted by molar-refractivity contribution is 0.811. The molecule has 0 aliphatic carbocycles. The van der Waals surface area contributed by atoms with Gasteiger partial charge in [-0.15, -0.1) is 0 Å². The first-order valence-corrected chi connectivity index (χ1v) is 7.03. The molecule has 0 amide bonds. The zero-order valence-electron chi connectivity index (χ0n) is 12.2. The first-order valence-electron chi connectivity index (χ1n) is 6.66. The van der Waals surface area contributed by atoms with Crippen molar-refractivity contribution < 1.29 is 0 Å². The third-order valence-electron chi connectivity index (χ3n) is 3.18. The molecule has 0 bridgehead atoms. The van der Waals surface area contributed by atoms with Gasteiger partial charge in [0.1, 0.15) is 5.82 Å². The van der Waals surface area contributed by atoms with E-state index in [0.29, 0.717) is 5.02 Å². The number of hydrogen-bond acceptors (Lipinski definition) is 3. The van der Waals surface area contributed by atoms with Crippen LogP contribution >= 0.6 is 11.6 Å². The number of nitrogens with one attached hydrogen (secondary N) is 1. The summed E-state index contributed by atoms with van der Waals surface area (Å²) in [6, 6.07) is 10.6. The van der Waals surface area contributed by atoms with Crippen LogP contribution in [-0.2, 0) is 13.1 Å². The topological polar surface area (TPSA) is 28.2 Å².